The summed E-state index contributed by atoms with van der Waals surface area (Å²) in [6.45, 7) is 5.53. The molecule has 1 fully saturated rings. The molecule has 2 aliphatic heterocycles. The number of rotatable bonds is 4. The van der Waals surface area contributed by atoms with Crippen LogP contribution in [0.5, 0.6) is 0 Å². The van der Waals surface area contributed by atoms with Gasteiger partial charge in [0.15, 0.2) is 0 Å². The molecule has 0 saturated carbocycles. The number of hydrogen-bond donors (Lipinski definition) is 0. The Hall–Kier alpha value is -2.81. The molecule has 0 atom stereocenters. The summed E-state index contributed by atoms with van der Waals surface area (Å²) in [6, 6.07) is 15.3. The van der Waals surface area contributed by atoms with Crippen molar-refractivity contribution in [3.05, 3.63) is 71.5 Å². The molecule has 0 aliphatic carbocycles. The Bertz CT molecular complexity index is 1220. The van der Waals surface area contributed by atoms with Gasteiger partial charge in [0.25, 0.3) is 0 Å². The summed E-state index contributed by atoms with van der Waals surface area (Å²) < 4.78 is 33.6. The topological polar surface area (TPSA) is 75.6 Å². The van der Waals surface area contributed by atoms with Crippen LogP contribution < -0.4 is 4.90 Å². The molecule has 32 heavy (non-hydrogen) atoms. The third kappa shape index (κ3) is 4.13. The highest BCUT2D eigenvalue weighted by Crippen LogP contribution is 2.27. The number of ether oxygens (including phenoxy) is 1. The molecule has 0 unspecified atom stereocenters. The van der Waals surface area contributed by atoms with Gasteiger partial charge in [-0.1, -0.05) is 42.0 Å². The van der Waals surface area contributed by atoms with Gasteiger partial charge in [-0.05, 0) is 42.2 Å². The van der Waals surface area contributed by atoms with Crippen molar-refractivity contribution < 1.29 is 13.2 Å². The zero-order valence-electron chi connectivity index (χ0n) is 18.1. The molecule has 0 radical (unpaired) electrons. The number of aryl methyl sites for hydroxylation is 1. The second kappa shape index (κ2) is 8.61. The fraction of sp³-hybridized carbons (Fsp3) is 0.333. The highest BCUT2D eigenvalue weighted by molar-refractivity contribution is 7.89. The average Bonchev–Trinajstić information content (AvgIpc) is 2.84. The van der Waals surface area contributed by atoms with E-state index in [1.54, 1.807) is 12.1 Å². The molecular weight excluding hydrogens is 424 g/mol. The number of benzene rings is 2. The van der Waals surface area contributed by atoms with Crippen LogP contribution in [0, 0.1) is 6.92 Å². The van der Waals surface area contributed by atoms with Crippen LogP contribution in [-0.4, -0.2) is 55.5 Å². The van der Waals surface area contributed by atoms with Gasteiger partial charge in [0.2, 0.25) is 16.0 Å². The lowest BCUT2D eigenvalue weighted by Gasteiger charge is -2.30. The molecule has 5 rings (SSSR count). The van der Waals surface area contributed by atoms with Gasteiger partial charge in [-0.2, -0.15) is 4.31 Å². The van der Waals surface area contributed by atoms with Crippen LogP contribution in [0.15, 0.2) is 59.6 Å². The van der Waals surface area contributed by atoms with E-state index in [2.05, 4.69) is 16.0 Å². The van der Waals surface area contributed by atoms with Crippen molar-refractivity contribution in [1.29, 1.82) is 0 Å². The molecule has 3 aromatic rings. The Morgan fingerprint density at radius 1 is 0.969 bits per heavy atom. The molecule has 8 heteroatoms. The van der Waals surface area contributed by atoms with Crippen molar-refractivity contribution in [2.75, 3.05) is 37.7 Å². The largest absolute Gasteiger partial charge is 0.378 e. The third-order valence-corrected chi connectivity index (χ3v) is 7.89. The monoisotopic (exact) mass is 450 g/mol. The highest BCUT2D eigenvalue weighted by Gasteiger charge is 2.30. The molecule has 0 N–H and O–H groups in total. The quantitative estimate of drug-likeness (QED) is 0.608. The second-order valence-electron chi connectivity index (χ2n) is 8.22. The molecule has 0 spiro atoms. The van der Waals surface area contributed by atoms with Crippen LogP contribution in [0.3, 0.4) is 0 Å². The second-order valence-corrected chi connectivity index (χ2v) is 10.2. The molecule has 3 heterocycles. The van der Waals surface area contributed by atoms with Gasteiger partial charge in [0, 0.05) is 25.8 Å². The normalized spacial score (nSPS) is 17.2. The first-order chi connectivity index (χ1) is 15.5. The highest BCUT2D eigenvalue weighted by atomic mass is 32.2. The first-order valence-electron chi connectivity index (χ1n) is 10.9. The molecule has 166 valence electrons. The van der Waals surface area contributed by atoms with E-state index >= 15 is 0 Å². The van der Waals surface area contributed by atoms with E-state index in [1.165, 1.54) is 9.87 Å². The van der Waals surface area contributed by atoms with Gasteiger partial charge in [-0.15, -0.1) is 0 Å². The van der Waals surface area contributed by atoms with Crippen LogP contribution in [0.1, 0.15) is 16.8 Å². The van der Waals surface area contributed by atoms with Crippen molar-refractivity contribution in [3.63, 3.8) is 0 Å². The van der Waals surface area contributed by atoms with Crippen LogP contribution in [0.4, 0.5) is 5.95 Å². The number of aromatic nitrogens is 2. The molecule has 1 saturated heterocycles. The predicted octanol–water partition coefficient (Wildman–Crippen LogP) is 3.04. The fourth-order valence-corrected chi connectivity index (χ4v) is 5.58. The lowest BCUT2D eigenvalue weighted by Crippen LogP contribution is -2.39. The fourth-order valence-electron chi connectivity index (χ4n) is 4.18. The van der Waals surface area contributed by atoms with Gasteiger partial charge in [0.1, 0.15) is 0 Å². The summed E-state index contributed by atoms with van der Waals surface area (Å²) in [5.41, 5.74) is 5.05. The number of sulfonamides is 1. The smallest absolute Gasteiger partial charge is 0.243 e. The molecular formula is C24H26N4O3S. The van der Waals surface area contributed by atoms with Crippen molar-refractivity contribution >= 4 is 16.0 Å². The minimum atomic E-state index is -3.61. The van der Waals surface area contributed by atoms with Crippen LogP contribution in [0.2, 0.25) is 0 Å². The number of hydrogen-bond acceptors (Lipinski definition) is 6. The lowest BCUT2D eigenvalue weighted by atomic mass is 10.0. The summed E-state index contributed by atoms with van der Waals surface area (Å²) in [6.07, 6.45) is 2.45. The van der Waals surface area contributed by atoms with Crippen molar-refractivity contribution in [2.24, 2.45) is 0 Å². The van der Waals surface area contributed by atoms with Crippen molar-refractivity contribution in [1.82, 2.24) is 14.3 Å². The van der Waals surface area contributed by atoms with Crippen LogP contribution >= 0.6 is 0 Å². The molecule has 2 aliphatic rings. The van der Waals surface area contributed by atoms with Crippen molar-refractivity contribution in [3.8, 4) is 11.1 Å². The standard InChI is InChI=1S/C24H26N4O3S/c1-18-3-2-4-20(15-18)19-5-7-22(8-6-19)32(29,30)28-10-9-21-16-25-24(26-23(21)17-28)27-11-13-31-14-12-27/h2-8,15-16H,9-14,17H2,1H3. The Balaban J connectivity index is 1.37. The first kappa shape index (κ1) is 21.1. The van der Waals surface area contributed by atoms with E-state index in [1.807, 2.05) is 43.5 Å². The minimum absolute atomic E-state index is 0.261. The van der Waals surface area contributed by atoms with Gasteiger partial charge >= 0.3 is 0 Å². The van der Waals surface area contributed by atoms with E-state index < -0.39 is 10.0 Å². The van der Waals surface area contributed by atoms with E-state index in [0.29, 0.717) is 37.0 Å². The maximum atomic E-state index is 13.3. The summed E-state index contributed by atoms with van der Waals surface area (Å²) in [5.74, 6) is 0.647. The Kier molecular flexibility index (Phi) is 5.67. The molecule has 0 bridgehead atoms. The summed E-state index contributed by atoms with van der Waals surface area (Å²) in [7, 11) is -3.61. The first-order valence-corrected chi connectivity index (χ1v) is 12.3. The molecule has 0 amide bonds. The third-order valence-electron chi connectivity index (χ3n) is 6.04. The van der Waals surface area contributed by atoms with E-state index in [0.717, 1.165) is 35.5 Å². The zero-order chi connectivity index (χ0) is 22.1. The average molecular weight is 451 g/mol. The van der Waals surface area contributed by atoms with E-state index in [9.17, 15) is 8.42 Å². The van der Waals surface area contributed by atoms with Crippen molar-refractivity contribution in [2.45, 2.75) is 24.8 Å². The summed E-state index contributed by atoms with van der Waals surface area (Å²) in [4.78, 5) is 11.6. The molecule has 7 nitrogen and oxygen atoms in total. The number of anilines is 1. The number of nitrogens with zero attached hydrogens (tertiary/aromatic N) is 4. The molecule has 2 aromatic carbocycles. The Labute approximate surface area is 188 Å². The SMILES string of the molecule is Cc1cccc(-c2ccc(S(=O)(=O)N3CCc4cnc(N5CCOCC5)nc4C3)cc2)c1. The van der Waals surface area contributed by atoms with Gasteiger partial charge in [-0.25, -0.2) is 18.4 Å². The number of morpholine rings is 1. The van der Waals surface area contributed by atoms with E-state index in [4.69, 9.17) is 9.72 Å². The van der Waals surface area contributed by atoms with E-state index in [-0.39, 0.29) is 6.54 Å². The van der Waals surface area contributed by atoms with Crippen LogP contribution in [-0.2, 0) is 27.7 Å². The lowest BCUT2D eigenvalue weighted by molar-refractivity contribution is 0.122. The van der Waals surface area contributed by atoms with Gasteiger partial charge in [-0.3, -0.25) is 0 Å². The van der Waals surface area contributed by atoms with Gasteiger partial charge < -0.3 is 9.64 Å². The van der Waals surface area contributed by atoms with Gasteiger partial charge in [0.05, 0.1) is 30.3 Å². The number of fused-ring (bicyclic) bond motifs is 1. The summed E-state index contributed by atoms with van der Waals surface area (Å²) in [5, 5.41) is 0. The van der Waals surface area contributed by atoms with Crippen LogP contribution in [0.25, 0.3) is 11.1 Å². The summed E-state index contributed by atoms with van der Waals surface area (Å²) >= 11 is 0. The zero-order valence-corrected chi connectivity index (χ0v) is 18.9. The Morgan fingerprint density at radius 2 is 1.75 bits per heavy atom. The Morgan fingerprint density at radius 3 is 2.50 bits per heavy atom. The maximum absolute atomic E-state index is 13.3. The minimum Gasteiger partial charge on any atom is -0.378 e. The molecule has 1 aromatic heterocycles. The predicted molar refractivity (Wildman–Crippen MR) is 123 cm³/mol. The maximum Gasteiger partial charge on any atom is 0.243 e.